The predicted molar refractivity (Wildman–Crippen MR) is 76.1 cm³/mol. The second-order valence-electron chi connectivity index (χ2n) is 4.59. The monoisotopic (exact) mass is 293 g/mol. The molecule has 0 atom stereocenters. The van der Waals surface area contributed by atoms with Crippen LogP contribution in [0.3, 0.4) is 0 Å². The molecule has 3 amide bonds. The SMILES string of the molecule is NNC(=O)Cc1ccccc1CN(CC(N)=O)CC(N)=O. The Bertz CT molecular complexity index is 516. The van der Waals surface area contributed by atoms with Gasteiger partial charge < -0.3 is 11.5 Å². The second-order valence-corrected chi connectivity index (χ2v) is 4.59. The van der Waals surface area contributed by atoms with Gasteiger partial charge in [-0.1, -0.05) is 24.3 Å². The van der Waals surface area contributed by atoms with Gasteiger partial charge in [-0.05, 0) is 11.1 Å². The molecule has 0 aliphatic heterocycles. The molecule has 7 N–H and O–H groups in total. The highest BCUT2D eigenvalue weighted by molar-refractivity contribution is 5.79. The summed E-state index contributed by atoms with van der Waals surface area (Å²) in [6.45, 7) is 0.0840. The van der Waals surface area contributed by atoms with Crippen molar-refractivity contribution in [3.63, 3.8) is 0 Å². The normalized spacial score (nSPS) is 10.4. The van der Waals surface area contributed by atoms with Crippen LogP contribution in [0.1, 0.15) is 11.1 Å². The van der Waals surface area contributed by atoms with E-state index in [1.807, 2.05) is 0 Å². The van der Waals surface area contributed by atoms with E-state index in [1.54, 1.807) is 24.3 Å². The van der Waals surface area contributed by atoms with Crippen molar-refractivity contribution in [1.82, 2.24) is 10.3 Å². The number of hydrazine groups is 1. The van der Waals surface area contributed by atoms with Crippen LogP contribution in [0.4, 0.5) is 0 Å². The van der Waals surface area contributed by atoms with Crippen molar-refractivity contribution in [1.29, 1.82) is 0 Å². The lowest BCUT2D eigenvalue weighted by molar-refractivity contribution is -0.122. The Hall–Kier alpha value is -2.45. The molecule has 0 unspecified atom stereocenters. The third-order valence-electron chi connectivity index (χ3n) is 2.78. The van der Waals surface area contributed by atoms with Crippen LogP contribution in [0.2, 0.25) is 0 Å². The summed E-state index contributed by atoms with van der Waals surface area (Å²) < 4.78 is 0. The fourth-order valence-electron chi connectivity index (χ4n) is 1.96. The molecule has 0 saturated heterocycles. The second kappa shape index (κ2) is 7.98. The van der Waals surface area contributed by atoms with Crippen LogP contribution in [0, 0.1) is 0 Å². The van der Waals surface area contributed by atoms with E-state index in [1.165, 1.54) is 4.90 Å². The fourth-order valence-corrected chi connectivity index (χ4v) is 1.96. The van der Waals surface area contributed by atoms with Gasteiger partial charge in [0.05, 0.1) is 19.5 Å². The Morgan fingerprint density at radius 3 is 2.00 bits per heavy atom. The first-order valence-corrected chi connectivity index (χ1v) is 6.27. The molecule has 0 spiro atoms. The molecule has 1 rings (SSSR count). The van der Waals surface area contributed by atoms with Gasteiger partial charge in [0.1, 0.15) is 0 Å². The first-order chi connectivity index (χ1) is 9.92. The lowest BCUT2D eigenvalue weighted by Gasteiger charge is -2.20. The molecule has 0 fully saturated rings. The van der Waals surface area contributed by atoms with Crippen LogP contribution in [0.25, 0.3) is 0 Å². The number of rotatable bonds is 8. The number of hydrogen-bond donors (Lipinski definition) is 4. The van der Waals surface area contributed by atoms with Crippen molar-refractivity contribution >= 4 is 17.7 Å². The van der Waals surface area contributed by atoms with Gasteiger partial charge in [0.2, 0.25) is 17.7 Å². The number of nitrogens with one attached hydrogen (secondary N) is 1. The van der Waals surface area contributed by atoms with Crippen LogP contribution >= 0.6 is 0 Å². The standard InChI is InChI=1S/C13H19N5O3/c14-11(19)7-18(8-12(15)20)6-10-4-2-1-3-9(10)5-13(21)17-16/h1-4H,5-8,16H2,(H2,14,19)(H2,15,20)(H,17,21). The highest BCUT2D eigenvalue weighted by Crippen LogP contribution is 2.12. The van der Waals surface area contributed by atoms with Crippen LogP contribution in [-0.2, 0) is 27.3 Å². The van der Waals surface area contributed by atoms with Crippen molar-refractivity contribution in [2.24, 2.45) is 17.3 Å². The number of carbonyl (C=O) groups excluding carboxylic acids is 3. The Labute approximate surface area is 122 Å². The minimum atomic E-state index is -0.562. The van der Waals surface area contributed by atoms with Gasteiger partial charge in [-0.25, -0.2) is 5.84 Å². The molecule has 0 aromatic heterocycles. The third kappa shape index (κ3) is 6.02. The van der Waals surface area contributed by atoms with E-state index in [-0.39, 0.29) is 32.0 Å². The van der Waals surface area contributed by atoms with Crippen LogP contribution in [-0.4, -0.2) is 35.7 Å². The summed E-state index contributed by atoms with van der Waals surface area (Å²) >= 11 is 0. The topological polar surface area (TPSA) is 145 Å². The van der Waals surface area contributed by atoms with Crippen LogP contribution in [0.5, 0.6) is 0 Å². The first kappa shape index (κ1) is 16.6. The molecule has 0 saturated carbocycles. The Morgan fingerprint density at radius 2 is 1.52 bits per heavy atom. The molecule has 1 aromatic carbocycles. The Balaban J connectivity index is 2.89. The molecule has 8 heteroatoms. The molecule has 114 valence electrons. The molecule has 0 aliphatic rings. The number of carbonyl (C=O) groups is 3. The van der Waals surface area contributed by atoms with Gasteiger partial charge in [-0.3, -0.25) is 24.7 Å². The minimum Gasteiger partial charge on any atom is -0.369 e. The summed E-state index contributed by atoms with van der Waals surface area (Å²) in [5, 5.41) is 0. The maximum atomic E-state index is 11.4. The van der Waals surface area contributed by atoms with Crippen molar-refractivity contribution in [3.05, 3.63) is 35.4 Å². The van der Waals surface area contributed by atoms with Crippen molar-refractivity contribution in [2.45, 2.75) is 13.0 Å². The number of hydrogen-bond acceptors (Lipinski definition) is 5. The fraction of sp³-hybridized carbons (Fsp3) is 0.308. The smallest absolute Gasteiger partial charge is 0.238 e. The van der Waals surface area contributed by atoms with E-state index < -0.39 is 11.8 Å². The maximum absolute atomic E-state index is 11.4. The number of primary amides is 2. The molecule has 1 aromatic rings. The summed E-state index contributed by atoms with van der Waals surface area (Å²) in [4.78, 5) is 35.0. The number of nitrogens with zero attached hydrogens (tertiary/aromatic N) is 1. The van der Waals surface area contributed by atoms with E-state index in [4.69, 9.17) is 17.3 Å². The lowest BCUT2D eigenvalue weighted by atomic mass is 10.0. The van der Waals surface area contributed by atoms with E-state index in [0.29, 0.717) is 0 Å². The quantitative estimate of drug-likeness (QED) is 0.249. The first-order valence-electron chi connectivity index (χ1n) is 6.27. The lowest BCUT2D eigenvalue weighted by Crippen LogP contribution is -2.39. The van der Waals surface area contributed by atoms with Crippen molar-refractivity contribution in [2.75, 3.05) is 13.1 Å². The molecule has 0 heterocycles. The molecular weight excluding hydrogens is 274 g/mol. The zero-order valence-corrected chi connectivity index (χ0v) is 11.5. The van der Waals surface area contributed by atoms with Crippen molar-refractivity contribution < 1.29 is 14.4 Å². The summed E-state index contributed by atoms with van der Waals surface area (Å²) in [5.41, 5.74) is 13.9. The highest BCUT2D eigenvalue weighted by atomic mass is 16.2. The summed E-state index contributed by atoms with van der Waals surface area (Å²) in [5.74, 6) is 3.61. The van der Waals surface area contributed by atoms with E-state index in [0.717, 1.165) is 11.1 Å². The van der Waals surface area contributed by atoms with Gasteiger partial charge in [0.15, 0.2) is 0 Å². The maximum Gasteiger partial charge on any atom is 0.238 e. The Kier molecular flexibility index (Phi) is 6.31. The molecule has 21 heavy (non-hydrogen) atoms. The third-order valence-corrected chi connectivity index (χ3v) is 2.78. The molecule has 8 nitrogen and oxygen atoms in total. The van der Waals surface area contributed by atoms with E-state index in [9.17, 15) is 14.4 Å². The summed E-state index contributed by atoms with van der Waals surface area (Å²) in [7, 11) is 0. The number of amides is 3. The van der Waals surface area contributed by atoms with Gasteiger partial charge in [0.25, 0.3) is 0 Å². The van der Waals surface area contributed by atoms with Crippen molar-refractivity contribution in [3.8, 4) is 0 Å². The van der Waals surface area contributed by atoms with Gasteiger partial charge in [-0.2, -0.15) is 0 Å². The van der Waals surface area contributed by atoms with Crippen LogP contribution < -0.4 is 22.7 Å². The molecular formula is C13H19N5O3. The summed E-state index contributed by atoms with van der Waals surface area (Å²) in [6.07, 6.45) is 0.105. The Morgan fingerprint density at radius 1 is 1.00 bits per heavy atom. The highest BCUT2D eigenvalue weighted by Gasteiger charge is 2.14. The molecule has 0 aliphatic carbocycles. The zero-order valence-electron chi connectivity index (χ0n) is 11.5. The van der Waals surface area contributed by atoms with Gasteiger partial charge in [-0.15, -0.1) is 0 Å². The predicted octanol–water partition coefficient (Wildman–Crippen LogP) is -2.01. The minimum absolute atomic E-state index is 0.0969. The van der Waals surface area contributed by atoms with Crippen LogP contribution in [0.15, 0.2) is 24.3 Å². The summed E-state index contributed by atoms with van der Waals surface area (Å²) in [6, 6.07) is 7.16. The average Bonchev–Trinajstić information content (AvgIpc) is 2.39. The van der Waals surface area contributed by atoms with Gasteiger partial charge >= 0.3 is 0 Å². The van der Waals surface area contributed by atoms with E-state index in [2.05, 4.69) is 5.43 Å². The molecule has 0 bridgehead atoms. The largest absolute Gasteiger partial charge is 0.369 e. The number of nitrogens with two attached hydrogens (primary N) is 3. The van der Waals surface area contributed by atoms with Gasteiger partial charge in [0, 0.05) is 6.54 Å². The average molecular weight is 293 g/mol. The number of benzene rings is 1. The van der Waals surface area contributed by atoms with E-state index >= 15 is 0 Å². The zero-order chi connectivity index (χ0) is 15.8. The molecule has 0 radical (unpaired) electrons.